The van der Waals surface area contributed by atoms with Gasteiger partial charge in [0.25, 0.3) is 11.8 Å². The minimum absolute atomic E-state index is 0.155. The van der Waals surface area contributed by atoms with Crippen LogP contribution in [-0.4, -0.2) is 53.7 Å². The molecule has 2 aliphatic rings. The third kappa shape index (κ3) is 3.98. The van der Waals surface area contributed by atoms with Gasteiger partial charge in [0, 0.05) is 17.5 Å². The van der Waals surface area contributed by atoms with Gasteiger partial charge in [0.05, 0.1) is 24.7 Å². The number of benzene rings is 2. The molecule has 2 amide bonds. The molecule has 6 nitrogen and oxygen atoms in total. The molecule has 1 saturated heterocycles. The van der Waals surface area contributed by atoms with E-state index in [1.54, 1.807) is 30.3 Å². The monoisotopic (exact) mass is 422 g/mol. The normalized spacial score (nSPS) is 19.1. The second-order valence-electron chi connectivity index (χ2n) is 7.17. The Morgan fingerprint density at radius 2 is 1.90 bits per heavy atom. The summed E-state index contributed by atoms with van der Waals surface area (Å²) in [6, 6.07) is 10.3. The highest BCUT2D eigenvalue weighted by Crippen LogP contribution is 2.39. The Hall–Kier alpha value is -2.87. The molecule has 29 heavy (non-hydrogen) atoms. The lowest BCUT2D eigenvalue weighted by atomic mass is 9.99. The van der Waals surface area contributed by atoms with E-state index in [4.69, 9.17) is 21.4 Å². The first kappa shape index (κ1) is 19.4. The van der Waals surface area contributed by atoms with Crippen LogP contribution in [0.2, 0.25) is 5.02 Å². The lowest BCUT2D eigenvalue weighted by Crippen LogP contribution is -2.58. The van der Waals surface area contributed by atoms with Gasteiger partial charge < -0.3 is 20.1 Å². The molecular weight excluding hydrogens is 406 g/mol. The standard InChI is InChI=1S/C20H17ClF2N2O4/c21-16-7-13(5-14-6-15(29-17(14)16)8-24-19(27)28)11-1-3-12(4-2-11)18(26)25-9-20(22,23)10-25/h1-5,7,15,24H,6,8-10H2,(H,27,28). The Balaban J connectivity index is 1.49. The van der Waals surface area contributed by atoms with Crippen LogP contribution < -0.4 is 10.1 Å². The zero-order valence-electron chi connectivity index (χ0n) is 15.1. The fourth-order valence-corrected chi connectivity index (χ4v) is 3.80. The number of amides is 2. The van der Waals surface area contributed by atoms with Gasteiger partial charge in [0.15, 0.2) is 0 Å². The van der Waals surface area contributed by atoms with Crippen molar-refractivity contribution < 1.29 is 28.2 Å². The summed E-state index contributed by atoms with van der Waals surface area (Å²) < 4.78 is 31.6. The van der Waals surface area contributed by atoms with Crippen molar-refractivity contribution in [2.24, 2.45) is 0 Å². The third-order valence-electron chi connectivity index (χ3n) is 4.93. The quantitative estimate of drug-likeness (QED) is 0.788. The molecule has 1 fully saturated rings. The van der Waals surface area contributed by atoms with Gasteiger partial charge in [-0.25, -0.2) is 13.6 Å². The molecule has 2 heterocycles. The third-order valence-corrected chi connectivity index (χ3v) is 5.21. The Morgan fingerprint density at radius 3 is 2.52 bits per heavy atom. The molecule has 2 aromatic rings. The predicted octanol–water partition coefficient (Wildman–Crippen LogP) is 3.67. The van der Waals surface area contributed by atoms with E-state index < -0.39 is 31.0 Å². The van der Waals surface area contributed by atoms with E-state index in [-0.39, 0.29) is 12.6 Å². The maximum Gasteiger partial charge on any atom is 0.404 e. The molecule has 0 aromatic heterocycles. The highest BCUT2D eigenvalue weighted by atomic mass is 35.5. The predicted molar refractivity (Wildman–Crippen MR) is 102 cm³/mol. The molecule has 0 bridgehead atoms. The average molecular weight is 423 g/mol. The van der Waals surface area contributed by atoms with Gasteiger partial charge >= 0.3 is 6.09 Å². The number of hydrogen-bond donors (Lipinski definition) is 2. The zero-order valence-corrected chi connectivity index (χ0v) is 15.9. The van der Waals surface area contributed by atoms with E-state index in [9.17, 15) is 18.4 Å². The highest BCUT2D eigenvalue weighted by Gasteiger charge is 2.46. The van der Waals surface area contributed by atoms with Gasteiger partial charge in [-0.1, -0.05) is 23.7 Å². The number of alkyl halides is 2. The number of fused-ring (bicyclic) bond motifs is 1. The minimum Gasteiger partial charge on any atom is -0.486 e. The smallest absolute Gasteiger partial charge is 0.404 e. The van der Waals surface area contributed by atoms with E-state index in [0.717, 1.165) is 21.6 Å². The van der Waals surface area contributed by atoms with Crippen molar-refractivity contribution in [2.45, 2.75) is 18.4 Å². The number of hydrogen-bond acceptors (Lipinski definition) is 3. The summed E-state index contributed by atoms with van der Waals surface area (Å²) in [5.41, 5.74) is 2.85. The zero-order chi connectivity index (χ0) is 20.8. The molecule has 4 rings (SSSR count). The molecule has 2 aromatic carbocycles. The Bertz CT molecular complexity index is 973. The first-order valence-electron chi connectivity index (χ1n) is 8.95. The Labute approximate surface area is 170 Å². The van der Waals surface area contributed by atoms with Crippen LogP contribution in [0.3, 0.4) is 0 Å². The van der Waals surface area contributed by atoms with E-state index in [0.29, 0.717) is 22.8 Å². The maximum absolute atomic E-state index is 13.0. The average Bonchev–Trinajstić information content (AvgIpc) is 3.07. The van der Waals surface area contributed by atoms with Gasteiger partial charge in [-0.2, -0.15) is 0 Å². The number of ether oxygens (including phenoxy) is 1. The summed E-state index contributed by atoms with van der Waals surface area (Å²) in [6.45, 7) is -0.945. The summed E-state index contributed by atoms with van der Waals surface area (Å²) in [5, 5.41) is 11.4. The fourth-order valence-electron chi connectivity index (χ4n) is 3.51. The topological polar surface area (TPSA) is 78.9 Å². The van der Waals surface area contributed by atoms with E-state index in [2.05, 4.69) is 5.32 Å². The van der Waals surface area contributed by atoms with Crippen LogP contribution in [0.5, 0.6) is 5.75 Å². The summed E-state index contributed by atoms with van der Waals surface area (Å²) in [5.74, 6) is -2.67. The second kappa shape index (κ2) is 7.18. The van der Waals surface area contributed by atoms with Crippen molar-refractivity contribution in [2.75, 3.05) is 19.6 Å². The number of likely N-dealkylation sites (tertiary alicyclic amines) is 1. The van der Waals surface area contributed by atoms with E-state index in [1.165, 1.54) is 0 Å². The van der Waals surface area contributed by atoms with Crippen molar-refractivity contribution >= 4 is 23.6 Å². The van der Waals surface area contributed by atoms with Crippen molar-refractivity contribution in [3.05, 3.63) is 52.5 Å². The largest absolute Gasteiger partial charge is 0.486 e. The summed E-state index contributed by atoms with van der Waals surface area (Å²) in [4.78, 5) is 24.0. The number of carbonyl (C=O) groups excluding carboxylic acids is 1. The van der Waals surface area contributed by atoms with Crippen LogP contribution in [0, 0.1) is 0 Å². The first-order valence-corrected chi connectivity index (χ1v) is 9.33. The van der Waals surface area contributed by atoms with Crippen molar-refractivity contribution in [3.63, 3.8) is 0 Å². The number of nitrogens with zero attached hydrogens (tertiary/aromatic N) is 1. The molecule has 0 saturated carbocycles. The van der Waals surface area contributed by atoms with Gasteiger partial charge in [-0.15, -0.1) is 0 Å². The molecule has 152 valence electrons. The van der Waals surface area contributed by atoms with Crippen LogP contribution in [0.1, 0.15) is 15.9 Å². The molecule has 1 atom stereocenters. The molecule has 9 heteroatoms. The Morgan fingerprint density at radius 1 is 1.21 bits per heavy atom. The van der Waals surface area contributed by atoms with E-state index in [1.807, 2.05) is 6.07 Å². The summed E-state index contributed by atoms with van der Waals surface area (Å²) >= 11 is 6.34. The van der Waals surface area contributed by atoms with Crippen molar-refractivity contribution in [1.82, 2.24) is 10.2 Å². The minimum atomic E-state index is -2.79. The van der Waals surface area contributed by atoms with Crippen molar-refractivity contribution in [1.29, 1.82) is 0 Å². The second-order valence-corrected chi connectivity index (χ2v) is 7.58. The number of carboxylic acid groups (broad SMARTS) is 1. The number of halogens is 3. The number of nitrogens with one attached hydrogen (secondary N) is 1. The maximum atomic E-state index is 13.0. The van der Waals surface area contributed by atoms with Crippen LogP contribution in [0.4, 0.5) is 13.6 Å². The molecule has 2 aliphatic heterocycles. The lowest BCUT2D eigenvalue weighted by molar-refractivity contribution is -0.113. The van der Waals surface area contributed by atoms with Crippen molar-refractivity contribution in [3.8, 4) is 16.9 Å². The van der Waals surface area contributed by atoms with Crippen LogP contribution in [0.25, 0.3) is 11.1 Å². The van der Waals surface area contributed by atoms with Crippen LogP contribution in [-0.2, 0) is 6.42 Å². The molecule has 0 radical (unpaired) electrons. The SMILES string of the molecule is O=C(O)NCC1Cc2cc(-c3ccc(C(=O)N4CC(F)(F)C4)cc3)cc(Cl)c2O1. The molecule has 0 aliphatic carbocycles. The van der Waals surface area contributed by atoms with Gasteiger partial charge in [0.1, 0.15) is 11.9 Å². The summed E-state index contributed by atoms with van der Waals surface area (Å²) in [6.07, 6.45) is -0.931. The molecule has 0 spiro atoms. The van der Waals surface area contributed by atoms with E-state index >= 15 is 0 Å². The van der Waals surface area contributed by atoms with Gasteiger partial charge in [-0.05, 0) is 35.4 Å². The van der Waals surface area contributed by atoms with Crippen LogP contribution in [0.15, 0.2) is 36.4 Å². The summed E-state index contributed by atoms with van der Waals surface area (Å²) in [7, 11) is 0. The lowest BCUT2D eigenvalue weighted by Gasteiger charge is -2.38. The first-order chi connectivity index (χ1) is 13.7. The number of carbonyl (C=O) groups is 2. The van der Waals surface area contributed by atoms with Gasteiger partial charge in [-0.3, -0.25) is 4.79 Å². The van der Waals surface area contributed by atoms with Crippen LogP contribution >= 0.6 is 11.6 Å². The Kier molecular flexibility index (Phi) is 4.82. The molecule has 1 unspecified atom stereocenters. The van der Waals surface area contributed by atoms with Gasteiger partial charge in [0.2, 0.25) is 0 Å². The molecule has 2 N–H and O–H groups in total. The highest BCUT2D eigenvalue weighted by molar-refractivity contribution is 6.32. The molecular formula is C20H17ClF2N2O4. The fraction of sp³-hybridized carbons (Fsp3) is 0.300. The number of rotatable bonds is 4.